The Hall–Kier alpha value is -2.07. The van der Waals surface area contributed by atoms with Crippen LogP contribution in [-0.2, 0) is 6.54 Å². The van der Waals surface area contributed by atoms with Crippen LogP contribution >= 0.6 is 0 Å². The Labute approximate surface area is 117 Å². The zero-order valence-corrected chi connectivity index (χ0v) is 11.3. The Morgan fingerprint density at radius 2 is 2.20 bits per heavy atom. The van der Waals surface area contributed by atoms with Crippen LogP contribution in [0.25, 0.3) is 10.9 Å². The van der Waals surface area contributed by atoms with Gasteiger partial charge in [0.15, 0.2) is 0 Å². The Balaban J connectivity index is 1.53. The molecule has 4 nitrogen and oxygen atoms in total. The Morgan fingerprint density at radius 1 is 1.25 bits per heavy atom. The lowest BCUT2D eigenvalue weighted by molar-refractivity contribution is 0.323. The van der Waals surface area contributed by atoms with E-state index in [1.165, 1.54) is 28.6 Å². The molecule has 20 heavy (non-hydrogen) atoms. The molecule has 1 aliphatic heterocycles. The standard InChI is InChI=1S/C16H18N4/c1-2-4-16-14(3-1)15(8-18-16)12-5-6-20(9-12)10-13-7-17-11-19-13/h1-4,7-8,11-12,18H,5-6,9-10H2,(H,17,19)/t12-/m0/s1. The van der Waals surface area contributed by atoms with E-state index in [-0.39, 0.29) is 0 Å². The van der Waals surface area contributed by atoms with Gasteiger partial charge in [-0.2, -0.15) is 0 Å². The van der Waals surface area contributed by atoms with Crippen LogP contribution in [-0.4, -0.2) is 32.9 Å². The average Bonchev–Trinajstić information content (AvgIpc) is 3.18. The van der Waals surface area contributed by atoms with Gasteiger partial charge in [0.2, 0.25) is 0 Å². The van der Waals surface area contributed by atoms with Gasteiger partial charge in [0.25, 0.3) is 0 Å². The number of hydrogen-bond donors (Lipinski definition) is 2. The summed E-state index contributed by atoms with van der Waals surface area (Å²) >= 11 is 0. The van der Waals surface area contributed by atoms with Crippen LogP contribution in [0.4, 0.5) is 0 Å². The number of nitrogens with one attached hydrogen (secondary N) is 2. The molecule has 0 amide bonds. The van der Waals surface area contributed by atoms with Crippen molar-refractivity contribution in [3.05, 3.63) is 54.2 Å². The van der Waals surface area contributed by atoms with Gasteiger partial charge < -0.3 is 9.97 Å². The molecule has 1 fully saturated rings. The third kappa shape index (κ3) is 2.02. The van der Waals surface area contributed by atoms with Crippen LogP contribution in [0.3, 0.4) is 0 Å². The van der Waals surface area contributed by atoms with Gasteiger partial charge in [-0.3, -0.25) is 4.90 Å². The minimum absolute atomic E-state index is 0.633. The van der Waals surface area contributed by atoms with Crippen molar-refractivity contribution >= 4 is 10.9 Å². The lowest BCUT2D eigenvalue weighted by Gasteiger charge is -2.14. The molecule has 4 heteroatoms. The van der Waals surface area contributed by atoms with Crippen LogP contribution in [0.2, 0.25) is 0 Å². The molecule has 102 valence electrons. The topological polar surface area (TPSA) is 47.7 Å². The molecule has 1 saturated heterocycles. The van der Waals surface area contributed by atoms with Gasteiger partial charge >= 0.3 is 0 Å². The lowest BCUT2D eigenvalue weighted by atomic mass is 9.98. The van der Waals surface area contributed by atoms with Crippen molar-refractivity contribution in [1.82, 2.24) is 19.9 Å². The van der Waals surface area contributed by atoms with Crippen LogP contribution < -0.4 is 0 Å². The second kappa shape index (κ2) is 4.80. The normalized spacial score (nSPS) is 19.9. The summed E-state index contributed by atoms with van der Waals surface area (Å²) in [4.78, 5) is 13.2. The SMILES string of the molecule is c1ccc2c([C@H]3CCN(Cc4cnc[nH]4)C3)c[nH]c2c1. The number of likely N-dealkylation sites (tertiary alicyclic amines) is 1. The highest BCUT2D eigenvalue weighted by Crippen LogP contribution is 2.32. The maximum atomic E-state index is 4.09. The number of hydrogen-bond acceptors (Lipinski definition) is 2. The number of rotatable bonds is 3. The van der Waals surface area contributed by atoms with Crippen molar-refractivity contribution in [2.75, 3.05) is 13.1 Å². The third-order valence-corrected chi connectivity index (χ3v) is 4.28. The van der Waals surface area contributed by atoms with Crippen LogP contribution in [0.5, 0.6) is 0 Å². The zero-order valence-electron chi connectivity index (χ0n) is 11.3. The molecule has 0 radical (unpaired) electrons. The summed E-state index contributed by atoms with van der Waals surface area (Å²) in [5.41, 5.74) is 3.91. The maximum absolute atomic E-state index is 4.09. The van der Waals surface area contributed by atoms with Gasteiger partial charge in [0, 0.05) is 42.1 Å². The van der Waals surface area contributed by atoms with E-state index >= 15 is 0 Å². The van der Waals surface area contributed by atoms with Crippen molar-refractivity contribution in [3.63, 3.8) is 0 Å². The molecule has 1 aliphatic rings. The Morgan fingerprint density at radius 3 is 3.10 bits per heavy atom. The van der Waals surface area contributed by atoms with E-state index in [4.69, 9.17) is 0 Å². The highest BCUT2D eigenvalue weighted by atomic mass is 15.2. The summed E-state index contributed by atoms with van der Waals surface area (Å²) in [6.07, 6.45) is 7.09. The fourth-order valence-electron chi connectivity index (χ4n) is 3.27. The van der Waals surface area contributed by atoms with Gasteiger partial charge in [-0.15, -0.1) is 0 Å². The molecule has 0 unspecified atom stereocenters. The van der Waals surface area contributed by atoms with Gasteiger partial charge in [-0.05, 0) is 30.5 Å². The maximum Gasteiger partial charge on any atom is 0.0922 e. The second-order valence-corrected chi connectivity index (χ2v) is 5.59. The molecule has 1 atom stereocenters. The van der Waals surface area contributed by atoms with Crippen molar-refractivity contribution in [1.29, 1.82) is 0 Å². The summed E-state index contributed by atoms with van der Waals surface area (Å²) < 4.78 is 0. The molecular weight excluding hydrogens is 248 g/mol. The van der Waals surface area contributed by atoms with E-state index in [9.17, 15) is 0 Å². The molecule has 0 spiro atoms. The van der Waals surface area contributed by atoms with Gasteiger partial charge in [-0.1, -0.05) is 18.2 Å². The van der Waals surface area contributed by atoms with E-state index in [2.05, 4.69) is 50.3 Å². The quantitative estimate of drug-likeness (QED) is 0.765. The fourth-order valence-corrected chi connectivity index (χ4v) is 3.27. The molecule has 3 heterocycles. The molecule has 0 saturated carbocycles. The molecule has 2 aromatic heterocycles. The minimum atomic E-state index is 0.633. The zero-order chi connectivity index (χ0) is 13.4. The molecule has 4 rings (SSSR count). The number of H-pyrrole nitrogens is 2. The largest absolute Gasteiger partial charge is 0.361 e. The number of imidazole rings is 1. The number of nitrogens with zero attached hydrogens (tertiary/aromatic N) is 2. The van der Waals surface area contributed by atoms with Crippen LogP contribution in [0, 0.1) is 0 Å². The number of aromatic nitrogens is 3. The fraction of sp³-hybridized carbons (Fsp3) is 0.312. The van der Waals surface area contributed by atoms with Gasteiger partial charge in [0.1, 0.15) is 0 Å². The average molecular weight is 266 g/mol. The first-order valence-electron chi connectivity index (χ1n) is 7.16. The summed E-state index contributed by atoms with van der Waals surface area (Å²) in [7, 11) is 0. The summed E-state index contributed by atoms with van der Waals surface area (Å²) in [5.74, 6) is 0.633. The van der Waals surface area contributed by atoms with E-state index in [1.807, 2.05) is 6.20 Å². The van der Waals surface area contributed by atoms with Crippen molar-refractivity contribution in [3.8, 4) is 0 Å². The van der Waals surface area contributed by atoms with E-state index in [0.29, 0.717) is 5.92 Å². The first kappa shape index (κ1) is 11.7. The summed E-state index contributed by atoms with van der Waals surface area (Å²) in [5, 5.41) is 1.38. The second-order valence-electron chi connectivity index (χ2n) is 5.59. The molecule has 0 bridgehead atoms. The number of aromatic amines is 2. The number of fused-ring (bicyclic) bond motifs is 1. The first-order chi connectivity index (χ1) is 9.90. The highest BCUT2D eigenvalue weighted by molar-refractivity contribution is 5.83. The Bertz CT molecular complexity index is 698. The Kier molecular flexibility index (Phi) is 2.81. The monoisotopic (exact) mass is 266 g/mol. The van der Waals surface area contributed by atoms with Gasteiger partial charge in [-0.25, -0.2) is 4.98 Å². The van der Waals surface area contributed by atoms with Crippen molar-refractivity contribution < 1.29 is 0 Å². The summed E-state index contributed by atoms with van der Waals surface area (Å²) in [6, 6.07) is 8.58. The molecular formula is C16H18N4. The summed E-state index contributed by atoms with van der Waals surface area (Å²) in [6.45, 7) is 3.25. The molecule has 3 aromatic rings. The molecule has 0 aliphatic carbocycles. The van der Waals surface area contributed by atoms with Gasteiger partial charge in [0.05, 0.1) is 6.33 Å². The van der Waals surface area contributed by atoms with E-state index in [0.717, 1.165) is 19.6 Å². The highest BCUT2D eigenvalue weighted by Gasteiger charge is 2.25. The first-order valence-corrected chi connectivity index (χ1v) is 7.16. The van der Waals surface area contributed by atoms with Crippen LogP contribution in [0.15, 0.2) is 43.0 Å². The smallest absolute Gasteiger partial charge is 0.0922 e. The van der Waals surface area contributed by atoms with E-state index in [1.54, 1.807) is 6.33 Å². The third-order valence-electron chi connectivity index (χ3n) is 4.28. The lowest BCUT2D eigenvalue weighted by Crippen LogP contribution is -2.19. The predicted octanol–water partition coefficient (Wildman–Crippen LogP) is 2.88. The van der Waals surface area contributed by atoms with Crippen molar-refractivity contribution in [2.45, 2.75) is 18.9 Å². The number of para-hydroxylation sites is 1. The van der Waals surface area contributed by atoms with Crippen LogP contribution in [0.1, 0.15) is 23.6 Å². The molecule has 2 N–H and O–H groups in total. The predicted molar refractivity (Wildman–Crippen MR) is 79.5 cm³/mol. The molecule has 1 aromatic carbocycles. The van der Waals surface area contributed by atoms with E-state index < -0.39 is 0 Å². The minimum Gasteiger partial charge on any atom is -0.361 e. The number of benzene rings is 1. The van der Waals surface area contributed by atoms with Crippen molar-refractivity contribution in [2.24, 2.45) is 0 Å².